The molecule has 0 aliphatic heterocycles. The summed E-state index contributed by atoms with van der Waals surface area (Å²) in [6.07, 6.45) is 12.0. The lowest BCUT2D eigenvalue weighted by Gasteiger charge is -2.60. The number of hydrogen-bond donors (Lipinski definition) is 0. The highest BCUT2D eigenvalue weighted by atomic mass is 16.5. The average Bonchev–Trinajstić information content (AvgIpc) is 3.14. The lowest BCUT2D eigenvalue weighted by atomic mass is 9.45. The number of methoxy groups -OCH3 is 1. The summed E-state index contributed by atoms with van der Waals surface area (Å²) in [4.78, 5) is 35.6. The van der Waals surface area contributed by atoms with E-state index >= 15 is 0 Å². The van der Waals surface area contributed by atoms with Crippen LogP contribution in [0.15, 0.2) is 12.2 Å². The largest absolute Gasteiger partial charge is 0.469 e. The topological polar surface area (TPSA) is 78.9 Å². The van der Waals surface area contributed by atoms with Gasteiger partial charge in [-0.25, -0.2) is 0 Å². The molecule has 6 nitrogen and oxygen atoms in total. The quantitative estimate of drug-likeness (QED) is 0.280. The van der Waals surface area contributed by atoms with Crippen LogP contribution in [0.25, 0.3) is 0 Å². The smallest absolute Gasteiger partial charge is 0.305 e. The van der Waals surface area contributed by atoms with Crippen LogP contribution in [0.4, 0.5) is 0 Å². The number of ether oxygens (including phenoxy) is 3. The van der Waals surface area contributed by atoms with Gasteiger partial charge < -0.3 is 14.2 Å². The number of hydrogen-bond acceptors (Lipinski definition) is 6. The normalized spacial score (nSPS) is 42.7. The fourth-order valence-electron chi connectivity index (χ4n) is 8.80. The van der Waals surface area contributed by atoms with Gasteiger partial charge in [0.25, 0.3) is 0 Å². The molecule has 3 saturated carbocycles. The number of allylic oxidation sites excluding steroid dienone is 2. The minimum atomic E-state index is -0.213. The minimum absolute atomic E-state index is 0.0350. The zero-order valence-electron chi connectivity index (χ0n) is 22.4. The van der Waals surface area contributed by atoms with Crippen LogP contribution >= 0.6 is 0 Å². The summed E-state index contributed by atoms with van der Waals surface area (Å²) in [5.41, 5.74) is 0.150. The first-order chi connectivity index (χ1) is 16.5. The maximum atomic E-state index is 12.2. The molecule has 4 rings (SSSR count). The molecule has 3 unspecified atom stereocenters. The second-order valence-electron chi connectivity index (χ2n) is 12.3. The van der Waals surface area contributed by atoms with Crippen LogP contribution in [-0.4, -0.2) is 37.2 Å². The molecule has 0 aromatic rings. The van der Waals surface area contributed by atoms with Crippen molar-refractivity contribution in [1.29, 1.82) is 0 Å². The number of rotatable bonds is 6. The average molecular weight is 489 g/mol. The third kappa shape index (κ3) is 4.79. The van der Waals surface area contributed by atoms with Crippen LogP contribution in [0.3, 0.4) is 0 Å². The van der Waals surface area contributed by atoms with E-state index in [0.29, 0.717) is 41.9 Å². The third-order valence-electron chi connectivity index (χ3n) is 10.5. The second-order valence-corrected chi connectivity index (χ2v) is 12.3. The molecule has 0 spiro atoms. The van der Waals surface area contributed by atoms with Gasteiger partial charge >= 0.3 is 17.9 Å². The fraction of sp³-hybridized carbons (Fsp3) is 0.828. The Morgan fingerprint density at radius 2 is 1.74 bits per heavy atom. The summed E-state index contributed by atoms with van der Waals surface area (Å²) in [6, 6.07) is 0. The van der Waals surface area contributed by atoms with Crippen molar-refractivity contribution in [3.63, 3.8) is 0 Å². The monoisotopic (exact) mass is 488 g/mol. The van der Waals surface area contributed by atoms with E-state index in [1.807, 2.05) is 0 Å². The molecule has 0 aromatic carbocycles. The Morgan fingerprint density at radius 3 is 2.40 bits per heavy atom. The van der Waals surface area contributed by atoms with Crippen LogP contribution in [0, 0.1) is 46.3 Å². The molecule has 10 atom stereocenters. The van der Waals surface area contributed by atoms with E-state index in [1.165, 1.54) is 21.0 Å². The highest BCUT2D eigenvalue weighted by Gasteiger charge is 2.62. The van der Waals surface area contributed by atoms with Gasteiger partial charge in [0.05, 0.1) is 7.11 Å². The van der Waals surface area contributed by atoms with Crippen LogP contribution < -0.4 is 0 Å². The van der Waals surface area contributed by atoms with Crippen molar-refractivity contribution in [2.45, 2.75) is 98.2 Å². The standard InChI is InChI=1S/C29H44O6/c1-17(7-10-26(32)33-6)22-8-9-23-27-24(12-14-29(22,23)5)28(4)13-11-21(34-18(2)30)15-20(28)16-25(27)35-19(3)31/h12,14,17,20-25,27H,7-11,13,15-16H2,1-6H3/t17-,20?,21?,22-,23+,24+,25?,27+,28+,29-/m1/s1. The predicted molar refractivity (Wildman–Crippen MR) is 132 cm³/mol. The van der Waals surface area contributed by atoms with Crippen molar-refractivity contribution in [1.82, 2.24) is 0 Å². The molecule has 4 aliphatic carbocycles. The van der Waals surface area contributed by atoms with Gasteiger partial charge in [-0.2, -0.15) is 0 Å². The third-order valence-corrected chi connectivity index (χ3v) is 10.5. The molecule has 4 aliphatic rings. The van der Waals surface area contributed by atoms with Crippen LogP contribution in [0.5, 0.6) is 0 Å². The number of carbonyl (C=O) groups excluding carboxylic acids is 3. The van der Waals surface area contributed by atoms with Gasteiger partial charge in [-0.05, 0) is 85.4 Å². The SMILES string of the molecule is COC(=O)CC[C@@H](C)[C@H]1CC[C@H]2[C@@H]3C(OC(C)=O)CC4CC(OC(C)=O)CC[C@]4(C)[C@H]3C=C[C@]12C. The molecule has 0 bridgehead atoms. The molecular formula is C29H44O6. The van der Waals surface area contributed by atoms with Gasteiger partial charge in [-0.15, -0.1) is 0 Å². The number of carbonyl (C=O) groups is 3. The maximum absolute atomic E-state index is 12.2. The zero-order valence-corrected chi connectivity index (χ0v) is 22.4. The summed E-state index contributed by atoms with van der Waals surface area (Å²) in [6.45, 7) is 10.1. The van der Waals surface area contributed by atoms with Crippen molar-refractivity contribution < 1.29 is 28.6 Å². The van der Waals surface area contributed by atoms with E-state index in [4.69, 9.17) is 14.2 Å². The van der Waals surface area contributed by atoms with Crippen LogP contribution in [0.2, 0.25) is 0 Å². The summed E-state index contributed by atoms with van der Waals surface area (Å²) in [7, 11) is 1.45. The minimum Gasteiger partial charge on any atom is -0.469 e. The van der Waals surface area contributed by atoms with E-state index in [9.17, 15) is 14.4 Å². The Hall–Kier alpha value is -1.85. The van der Waals surface area contributed by atoms with E-state index < -0.39 is 0 Å². The van der Waals surface area contributed by atoms with E-state index in [1.54, 1.807) is 0 Å². The lowest BCUT2D eigenvalue weighted by molar-refractivity contribution is -0.178. The Labute approximate surface area is 210 Å². The molecule has 0 N–H and O–H groups in total. The van der Waals surface area contributed by atoms with Gasteiger partial charge in [0.15, 0.2) is 0 Å². The van der Waals surface area contributed by atoms with Gasteiger partial charge in [0, 0.05) is 26.2 Å². The Kier molecular flexibility index (Phi) is 7.41. The first-order valence-electron chi connectivity index (χ1n) is 13.6. The van der Waals surface area contributed by atoms with Crippen molar-refractivity contribution >= 4 is 17.9 Å². The molecule has 0 radical (unpaired) electrons. The summed E-state index contributed by atoms with van der Waals surface area (Å²) in [5, 5.41) is 0. The van der Waals surface area contributed by atoms with Gasteiger partial charge in [-0.3, -0.25) is 14.4 Å². The van der Waals surface area contributed by atoms with Crippen molar-refractivity contribution in [2.24, 2.45) is 46.3 Å². The molecule has 0 heterocycles. The van der Waals surface area contributed by atoms with Crippen molar-refractivity contribution in [3.05, 3.63) is 12.2 Å². The Morgan fingerprint density at radius 1 is 1.03 bits per heavy atom. The van der Waals surface area contributed by atoms with Crippen molar-refractivity contribution in [3.8, 4) is 0 Å². The number of fused-ring (bicyclic) bond motifs is 5. The molecule has 0 aromatic heterocycles. The first-order valence-corrected chi connectivity index (χ1v) is 13.6. The molecule has 3 fully saturated rings. The molecule has 196 valence electrons. The highest BCUT2D eigenvalue weighted by molar-refractivity contribution is 5.69. The van der Waals surface area contributed by atoms with Crippen LogP contribution in [-0.2, 0) is 28.6 Å². The summed E-state index contributed by atoms with van der Waals surface area (Å²) < 4.78 is 16.6. The molecule has 35 heavy (non-hydrogen) atoms. The van der Waals surface area contributed by atoms with Gasteiger partial charge in [0.2, 0.25) is 0 Å². The van der Waals surface area contributed by atoms with Crippen LogP contribution in [0.1, 0.15) is 86.0 Å². The van der Waals surface area contributed by atoms with Crippen molar-refractivity contribution in [2.75, 3.05) is 7.11 Å². The Balaban J connectivity index is 1.61. The predicted octanol–water partition coefficient (Wildman–Crippen LogP) is 5.48. The summed E-state index contributed by atoms with van der Waals surface area (Å²) >= 11 is 0. The van der Waals surface area contributed by atoms with E-state index in [2.05, 4.69) is 32.9 Å². The van der Waals surface area contributed by atoms with Gasteiger partial charge in [-0.1, -0.05) is 32.9 Å². The molecule has 0 saturated heterocycles. The zero-order chi connectivity index (χ0) is 25.5. The van der Waals surface area contributed by atoms with E-state index in [0.717, 1.165) is 44.9 Å². The molecule has 0 amide bonds. The summed E-state index contributed by atoms with van der Waals surface area (Å²) in [5.74, 6) is 1.83. The first kappa shape index (κ1) is 26.2. The van der Waals surface area contributed by atoms with Gasteiger partial charge in [0.1, 0.15) is 12.2 Å². The van der Waals surface area contributed by atoms with E-state index in [-0.39, 0.29) is 40.9 Å². The highest BCUT2D eigenvalue weighted by Crippen LogP contribution is 2.66. The lowest BCUT2D eigenvalue weighted by Crippen LogP contribution is -2.58. The molecule has 6 heteroatoms. The Bertz CT molecular complexity index is 865. The number of esters is 3. The fourth-order valence-corrected chi connectivity index (χ4v) is 8.80. The maximum Gasteiger partial charge on any atom is 0.305 e. The molecular weight excluding hydrogens is 444 g/mol. The second kappa shape index (κ2) is 9.89.